The number of amides is 1. The lowest BCUT2D eigenvalue weighted by atomic mass is 9.61. The van der Waals surface area contributed by atoms with E-state index in [2.05, 4.69) is 31.4 Å². The van der Waals surface area contributed by atoms with Crippen LogP contribution in [-0.2, 0) is 6.42 Å². The van der Waals surface area contributed by atoms with Gasteiger partial charge in [-0.2, -0.15) is 11.8 Å². The smallest absolute Gasteiger partial charge is 0.257 e. The summed E-state index contributed by atoms with van der Waals surface area (Å²) in [6.45, 7) is 8.90. The predicted molar refractivity (Wildman–Crippen MR) is 170 cm³/mol. The van der Waals surface area contributed by atoms with E-state index >= 15 is 0 Å². The van der Waals surface area contributed by atoms with E-state index in [9.17, 15) is 9.18 Å². The molecule has 1 unspecified atom stereocenters. The average molecular weight is 621 g/mol. The minimum atomic E-state index is -0.490. The van der Waals surface area contributed by atoms with Gasteiger partial charge in [0.2, 0.25) is 0 Å². The Labute approximate surface area is 263 Å². The largest absolute Gasteiger partial charge is 0.490 e. The maximum atomic E-state index is 14.3. The number of carbonyl (C=O) groups is 1. The number of aromatic nitrogens is 3. The Morgan fingerprint density at radius 2 is 2.02 bits per heavy atom. The number of carbonyl (C=O) groups excluding carboxylic acids is 1. The number of nitrogens with zero attached hydrogens (tertiary/aromatic N) is 5. The second-order valence-corrected chi connectivity index (χ2v) is 13.3. The highest BCUT2D eigenvalue weighted by molar-refractivity contribution is 7.98. The number of nitrogens with one attached hydrogen (secondary N) is 1. The van der Waals surface area contributed by atoms with Gasteiger partial charge in [-0.15, -0.1) is 0 Å². The van der Waals surface area contributed by atoms with Crippen molar-refractivity contribution < 1.29 is 18.7 Å². The van der Waals surface area contributed by atoms with Gasteiger partial charge in [-0.25, -0.2) is 14.4 Å². The van der Waals surface area contributed by atoms with Crippen molar-refractivity contribution in [2.45, 2.75) is 64.6 Å². The molecule has 1 atom stereocenters. The van der Waals surface area contributed by atoms with Crippen molar-refractivity contribution in [3.05, 3.63) is 65.6 Å². The minimum Gasteiger partial charge on any atom is -0.490 e. The van der Waals surface area contributed by atoms with E-state index in [1.807, 2.05) is 44.8 Å². The van der Waals surface area contributed by atoms with Gasteiger partial charge in [-0.3, -0.25) is 9.78 Å². The van der Waals surface area contributed by atoms with Crippen molar-refractivity contribution in [1.82, 2.24) is 25.2 Å². The normalized spacial score (nSPS) is 18.9. The van der Waals surface area contributed by atoms with Crippen LogP contribution in [0, 0.1) is 11.2 Å². The zero-order chi connectivity index (χ0) is 30.8. The van der Waals surface area contributed by atoms with Crippen LogP contribution < -0.4 is 19.7 Å². The summed E-state index contributed by atoms with van der Waals surface area (Å²) >= 11 is 1.86. The van der Waals surface area contributed by atoms with Crippen molar-refractivity contribution >= 4 is 23.5 Å². The maximum Gasteiger partial charge on any atom is 0.257 e. The van der Waals surface area contributed by atoms with Gasteiger partial charge in [0.05, 0.1) is 17.5 Å². The molecule has 0 bridgehead atoms. The van der Waals surface area contributed by atoms with E-state index in [0.717, 1.165) is 62.5 Å². The number of ether oxygens (including phenoxy) is 2. The first kappa shape index (κ1) is 30.6. The molecule has 1 amide bonds. The highest BCUT2D eigenvalue weighted by Crippen LogP contribution is 2.52. The van der Waals surface area contributed by atoms with Gasteiger partial charge in [-0.1, -0.05) is 0 Å². The Hall–Kier alpha value is -3.44. The minimum absolute atomic E-state index is 0.0333. The monoisotopic (exact) mass is 620 g/mol. The second kappa shape index (κ2) is 12.9. The average Bonchev–Trinajstić information content (AvgIpc) is 2.98. The number of pyridine rings is 1. The molecule has 1 aliphatic carbocycles. The maximum absolute atomic E-state index is 14.3. The van der Waals surface area contributed by atoms with Gasteiger partial charge in [0.25, 0.3) is 5.91 Å². The van der Waals surface area contributed by atoms with E-state index in [-0.39, 0.29) is 40.8 Å². The number of thioether (sulfide) groups is 1. The zero-order valence-electron chi connectivity index (χ0n) is 25.9. The first-order valence-corrected chi connectivity index (χ1v) is 16.9. The summed E-state index contributed by atoms with van der Waals surface area (Å²) in [5, 5.41) is 3.67. The standard InChI is InChI=1S/C33H41FN6O3S/c1-5-40(21(2)3)32(41)24-14-22(34)6-7-27(24)43-29-17-35-20-38-31(29)39-18-33(19-39)15-23(16-33)42-28-9-12-37-25-8-11-36-26(30(25)28)10-13-44-4/h6-7,9,12,14,17,20-21,23,26,36H,5,8,10-11,13,15-16,18-19H2,1-4H3. The molecule has 2 fully saturated rings. The van der Waals surface area contributed by atoms with Crippen LogP contribution in [0.5, 0.6) is 17.2 Å². The molecule has 2 aromatic heterocycles. The molecule has 9 nitrogen and oxygen atoms in total. The van der Waals surface area contributed by atoms with E-state index in [4.69, 9.17) is 9.47 Å². The molecule has 1 aromatic carbocycles. The lowest BCUT2D eigenvalue weighted by Gasteiger charge is -2.59. The lowest BCUT2D eigenvalue weighted by Crippen LogP contribution is -2.65. The molecule has 0 radical (unpaired) electrons. The SMILES string of the molecule is CCN(C(=O)c1cc(F)ccc1Oc1cncnc1N1CC2(CC(Oc3ccnc4c3C(CCSC)NCC4)C2)C1)C(C)C. The number of rotatable bonds is 11. The molecule has 3 aliphatic rings. The number of halogens is 1. The molecule has 4 heterocycles. The van der Waals surface area contributed by atoms with Crippen molar-refractivity contribution in [3.63, 3.8) is 0 Å². The number of anilines is 1. The first-order valence-electron chi connectivity index (χ1n) is 15.5. The third-order valence-corrected chi connectivity index (χ3v) is 9.63. The molecule has 1 spiro atoms. The summed E-state index contributed by atoms with van der Waals surface area (Å²) in [7, 11) is 0. The Kier molecular flexibility index (Phi) is 8.96. The Morgan fingerprint density at radius 1 is 1.20 bits per heavy atom. The van der Waals surface area contributed by atoms with Crippen LogP contribution in [0.25, 0.3) is 0 Å². The van der Waals surface area contributed by atoms with Crippen LogP contribution in [0.15, 0.2) is 43.0 Å². The van der Waals surface area contributed by atoms with Crippen LogP contribution in [0.2, 0.25) is 0 Å². The van der Waals surface area contributed by atoms with Gasteiger partial charge >= 0.3 is 0 Å². The molecule has 6 rings (SSSR count). The third-order valence-electron chi connectivity index (χ3n) is 8.99. The topological polar surface area (TPSA) is 92.7 Å². The summed E-state index contributed by atoms with van der Waals surface area (Å²) in [6.07, 6.45) is 11.2. The fraction of sp³-hybridized carbons (Fsp3) is 0.515. The van der Waals surface area contributed by atoms with E-state index in [1.165, 1.54) is 30.1 Å². The number of benzene rings is 1. The molecule has 1 saturated carbocycles. The molecule has 3 aromatic rings. The van der Waals surface area contributed by atoms with Crippen LogP contribution in [0.3, 0.4) is 0 Å². The van der Waals surface area contributed by atoms with Gasteiger partial charge in [0.1, 0.15) is 29.7 Å². The fourth-order valence-corrected chi connectivity index (χ4v) is 7.33. The van der Waals surface area contributed by atoms with Crippen molar-refractivity contribution in [3.8, 4) is 17.2 Å². The van der Waals surface area contributed by atoms with Crippen LogP contribution in [-0.4, -0.2) is 76.1 Å². The summed E-state index contributed by atoms with van der Waals surface area (Å²) in [6, 6.07) is 6.31. The molecule has 234 valence electrons. The summed E-state index contributed by atoms with van der Waals surface area (Å²) in [5.74, 6) is 2.69. The Morgan fingerprint density at radius 3 is 2.77 bits per heavy atom. The van der Waals surface area contributed by atoms with Gasteiger partial charge in [0.15, 0.2) is 11.6 Å². The van der Waals surface area contributed by atoms with E-state index in [0.29, 0.717) is 18.1 Å². The molecular weight excluding hydrogens is 579 g/mol. The van der Waals surface area contributed by atoms with Crippen molar-refractivity contribution in [2.75, 3.05) is 43.1 Å². The first-order chi connectivity index (χ1) is 21.3. The van der Waals surface area contributed by atoms with Crippen molar-refractivity contribution in [2.24, 2.45) is 5.41 Å². The van der Waals surface area contributed by atoms with Gasteiger partial charge in [-0.05, 0) is 76.3 Å². The summed E-state index contributed by atoms with van der Waals surface area (Å²) in [5.41, 5.74) is 2.75. The summed E-state index contributed by atoms with van der Waals surface area (Å²) < 4.78 is 27.1. The van der Waals surface area contributed by atoms with E-state index < -0.39 is 5.82 Å². The molecule has 1 saturated heterocycles. The van der Waals surface area contributed by atoms with Gasteiger partial charge < -0.3 is 24.6 Å². The summed E-state index contributed by atoms with van der Waals surface area (Å²) in [4.78, 5) is 30.6. The zero-order valence-corrected chi connectivity index (χ0v) is 26.7. The van der Waals surface area contributed by atoms with Crippen LogP contribution in [0.4, 0.5) is 10.2 Å². The fourth-order valence-electron chi connectivity index (χ4n) is 6.86. The Balaban J connectivity index is 1.12. The number of fused-ring (bicyclic) bond motifs is 1. The molecule has 44 heavy (non-hydrogen) atoms. The van der Waals surface area contributed by atoms with E-state index in [1.54, 1.807) is 11.1 Å². The van der Waals surface area contributed by atoms with Crippen LogP contribution in [0.1, 0.15) is 67.7 Å². The second-order valence-electron chi connectivity index (χ2n) is 12.3. The van der Waals surface area contributed by atoms with Crippen molar-refractivity contribution in [1.29, 1.82) is 0 Å². The molecule has 2 aliphatic heterocycles. The Bertz CT molecular complexity index is 1490. The molecular formula is C33H41FN6O3S. The van der Waals surface area contributed by atoms with Gasteiger partial charge in [0, 0.05) is 61.9 Å². The predicted octanol–water partition coefficient (Wildman–Crippen LogP) is 5.66. The number of hydrogen-bond acceptors (Lipinski definition) is 9. The van der Waals surface area contributed by atoms with Crippen LogP contribution >= 0.6 is 11.8 Å². The highest BCUT2D eigenvalue weighted by atomic mass is 32.2. The molecule has 1 N–H and O–H groups in total. The third kappa shape index (κ3) is 6.08. The lowest BCUT2D eigenvalue weighted by molar-refractivity contribution is -0.0351. The highest BCUT2D eigenvalue weighted by Gasteiger charge is 2.54. The quantitative estimate of drug-likeness (QED) is 0.292. The molecule has 11 heteroatoms. The number of hydrogen-bond donors (Lipinski definition) is 1.